The Hall–Kier alpha value is -1.61. The summed E-state index contributed by atoms with van der Waals surface area (Å²) in [6.07, 6.45) is 6.70. The fourth-order valence-electron chi connectivity index (χ4n) is 3.53. The third-order valence-electron chi connectivity index (χ3n) is 4.62. The van der Waals surface area contributed by atoms with Crippen LogP contribution in [0.2, 0.25) is 0 Å². The van der Waals surface area contributed by atoms with Crippen molar-refractivity contribution in [2.75, 3.05) is 0 Å². The van der Waals surface area contributed by atoms with Crippen molar-refractivity contribution in [1.29, 1.82) is 0 Å². The van der Waals surface area contributed by atoms with Crippen LogP contribution >= 0.6 is 0 Å². The summed E-state index contributed by atoms with van der Waals surface area (Å²) in [4.78, 5) is 0. The largest absolute Gasteiger partial charge is 0.322 e. The molecule has 1 aliphatic carbocycles. The third kappa shape index (κ3) is 1.98. The molecule has 1 aromatic heterocycles. The molecule has 0 amide bonds. The van der Waals surface area contributed by atoms with Crippen molar-refractivity contribution in [2.45, 2.75) is 37.1 Å². The lowest BCUT2D eigenvalue weighted by Gasteiger charge is -2.36. The Kier molecular flexibility index (Phi) is 3.15. The molecule has 0 radical (unpaired) electrons. The number of hydrogen-bond acceptors (Lipinski definition) is 2. The van der Waals surface area contributed by atoms with Gasteiger partial charge in [-0.15, -0.1) is 0 Å². The first-order valence-corrected chi connectivity index (χ1v) is 7.03. The molecule has 1 saturated carbocycles. The standard InChI is InChI=1S/C16H21N3/c1-19-14(9-12-18-19)15(17)16(10-5-6-11-16)13-7-3-2-4-8-13/h2-4,7-9,12,15H,5-6,10-11,17H2,1H3. The van der Waals surface area contributed by atoms with Crippen LogP contribution in [0.1, 0.15) is 43.0 Å². The van der Waals surface area contributed by atoms with E-state index >= 15 is 0 Å². The van der Waals surface area contributed by atoms with Gasteiger partial charge in [-0.25, -0.2) is 0 Å². The summed E-state index contributed by atoms with van der Waals surface area (Å²) in [5.41, 5.74) is 9.24. The highest BCUT2D eigenvalue weighted by molar-refractivity contribution is 5.32. The highest BCUT2D eigenvalue weighted by Crippen LogP contribution is 2.48. The minimum Gasteiger partial charge on any atom is -0.322 e. The van der Waals surface area contributed by atoms with E-state index in [1.54, 1.807) is 0 Å². The normalized spacial score (nSPS) is 19.5. The molecular formula is C16H21N3. The first-order chi connectivity index (χ1) is 9.24. The van der Waals surface area contributed by atoms with Crippen LogP contribution in [0, 0.1) is 0 Å². The van der Waals surface area contributed by atoms with Crippen LogP contribution in [0.15, 0.2) is 42.6 Å². The van der Waals surface area contributed by atoms with Gasteiger partial charge in [-0.3, -0.25) is 4.68 Å². The number of hydrogen-bond donors (Lipinski definition) is 1. The van der Waals surface area contributed by atoms with Crippen LogP contribution in [0.5, 0.6) is 0 Å². The van der Waals surface area contributed by atoms with E-state index in [2.05, 4.69) is 35.4 Å². The third-order valence-corrected chi connectivity index (χ3v) is 4.62. The van der Waals surface area contributed by atoms with Crippen molar-refractivity contribution >= 4 is 0 Å². The van der Waals surface area contributed by atoms with Gasteiger partial charge in [0.2, 0.25) is 0 Å². The first-order valence-electron chi connectivity index (χ1n) is 7.03. The van der Waals surface area contributed by atoms with E-state index < -0.39 is 0 Å². The maximum atomic E-state index is 6.65. The minimum absolute atomic E-state index is 0.0184. The molecular weight excluding hydrogens is 234 g/mol. The quantitative estimate of drug-likeness (QED) is 0.916. The molecule has 2 N–H and O–H groups in total. The molecule has 1 aromatic carbocycles. The highest BCUT2D eigenvalue weighted by atomic mass is 15.3. The molecule has 2 aromatic rings. The molecule has 3 rings (SSSR count). The van der Waals surface area contributed by atoms with Gasteiger partial charge in [0.1, 0.15) is 0 Å². The smallest absolute Gasteiger partial charge is 0.0565 e. The second kappa shape index (κ2) is 4.82. The predicted molar refractivity (Wildman–Crippen MR) is 76.7 cm³/mol. The molecule has 19 heavy (non-hydrogen) atoms. The summed E-state index contributed by atoms with van der Waals surface area (Å²) in [5.74, 6) is 0. The molecule has 0 saturated heterocycles. The first kappa shape index (κ1) is 12.4. The monoisotopic (exact) mass is 255 g/mol. The van der Waals surface area contributed by atoms with Crippen LogP contribution in [0.4, 0.5) is 0 Å². The van der Waals surface area contributed by atoms with Crippen LogP contribution in [-0.4, -0.2) is 9.78 Å². The topological polar surface area (TPSA) is 43.8 Å². The number of aryl methyl sites for hydroxylation is 1. The van der Waals surface area contributed by atoms with Crippen molar-refractivity contribution < 1.29 is 0 Å². The maximum Gasteiger partial charge on any atom is 0.0565 e. The van der Waals surface area contributed by atoms with Crippen LogP contribution in [0.25, 0.3) is 0 Å². The molecule has 0 bridgehead atoms. The Morgan fingerprint density at radius 2 is 1.84 bits per heavy atom. The summed E-state index contributed by atoms with van der Waals surface area (Å²) in [7, 11) is 1.98. The van der Waals surface area contributed by atoms with Gasteiger partial charge in [0.25, 0.3) is 0 Å². The molecule has 0 aliphatic heterocycles. The zero-order valence-corrected chi connectivity index (χ0v) is 11.4. The average Bonchev–Trinajstić information content (AvgIpc) is 3.08. The lowest BCUT2D eigenvalue weighted by Crippen LogP contribution is -2.37. The molecule has 1 atom stereocenters. The summed E-state index contributed by atoms with van der Waals surface area (Å²) in [5, 5.41) is 4.27. The van der Waals surface area contributed by atoms with Crippen LogP contribution in [0.3, 0.4) is 0 Å². The lowest BCUT2D eigenvalue weighted by atomic mass is 9.72. The molecule has 1 unspecified atom stereocenters. The van der Waals surface area contributed by atoms with Gasteiger partial charge < -0.3 is 5.73 Å². The summed E-state index contributed by atoms with van der Waals surface area (Å²) >= 11 is 0. The summed E-state index contributed by atoms with van der Waals surface area (Å²) in [6, 6.07) is 12.8. The summed E-state index contributed by atoms with van der Waals surface area (Å²) in [6.45, 7) is 0. The number of rotatable bonds is 3. The number of aromatic nitrogens is 2. The van der Waals surface area contributed by atoms with Crippen molar-refractivity contribution in [3.05, 3.63) is 53.9 Å². The Morgan fingerprint density at radius 3 is 2.42 bits per heavy atom. The second-order valence-corrected chi connectivity index (χ2v) is 5.59. The second-order valence-electron chi connectivity index (χ2n) is 5.59. The molecule has 1 fully saturated rings. The van der Waals surface area contributed by atoms with E-state index in [1.807, 2.05) is 24.0 Å². The van der Waals surface area contributed by atoms with E-state index in [0.717, 1.165) is 5.69 Å². The number of benzene rings is 1. The van der Waals surface area contributed by atoms with Crippen molar-refractivity contribution in [3.8, 4) is 0 Å². The number of nitrogens with two attached hydrogens (primary N) is 1. The SMILES string of the molecule is Cn1nccc1C(N)C1(c2ccccc2)CCCC1. The molecule has 3 heteroatoms. The van der Waals surface area contributed by atoms with Gasteiger partial charge in [-0.2, -0.15) is 5.10 Å². The van der Waals surface area contributed by atoms with Crippen LogP contribution < -0.4 is 5.73 Å². The lowest BCUT2D eigenvalue weighted by molar-refractivity contribution is 0.342. The fraction of sp³-hybridized carbons (Fsp3) is 0.438. The zero-order valence-electron chi connectivity index (χ0n) is 11.4. The van der Waals surface area contributed by atoms with Gasteiger partial charge in [0, 0.05) is 18.7 Å². The Morgan fingerprint density at radius 1 is 1.16 bits per heavy atom. The van der Waals surface area contributed by atoms with Crippen LogP contribution in [-0.2, 0) is 12.5 Å². The average molecular weight is 255 g/mol. The predicted octanol–water partition coefficient (Wildman–Crippen LogP) is 2.93. The van der Waals surface area contributed by atoms with Gasteiger partial charge in [0.05, 0.1) is 11.7 Å². The molecule has 0 spiro atoms. The Balaban J connectivity index is 2.04. The minimum atomic E-state index is 0.0184. The molecule has 1 heterocycles. The van der Waals surface area contributed by atoms with E-state index in [-0.39, 0.29) is 11.5 Å². The maximum absolute atomic E-state index is 6.65. The summed E-state index contributed by atoms with van der Waals surface area (Å²) < 4.78 is 1.91. The molecule has 100 valence electrons. The van der Waals surface area contributed by atoms with E-state index in [9.17, 15) is 0 Å². The highest BCUT2D eigenvalue weighted by Gasteiger charge is 2.42. The van der Waals surface area contributed by atoms with Crippen molar-refractivity contribution in [2.24, 2.45) is 12.8 Å². The van der Waals surface area contributed by atoms with E-state index in [1.165, 1.54) is 31.2 Å². The zero-order chi connectivity index (χ0) is 13.3. The van der Waals surface area contributed by atoms with E-state index in [0.29, 0.717) is 0 Å². The van der Waals surface area contributed by atoms with Gasteiger partial charge >= 0.3 is 0 Å². The Bertz CT molecular complexity index is 538. The van der Waals surface area contributed by atoms with E-state index in [4.69, 9.17) is 5.73 Å². The fourth-order valence-corrected chi connectivity index (χ4v) is 3.53. The van der Waals surface area contributed by atoms with Crippen molar-refractivity contribution in [1.82, 2.24) is 9.78 Å². The van der Waals surface area contributed by atoms with Gasteiger partial charge in [-0.1, -0.05) is 43.2 Å². The number of nitrogens with zero attached hydrogens (tertiary/aromatic N) is 2. The van der Waals surface area contributed by atoms with Gasteiger partial charge in [-0.05, 0) is 24.5 Å². The molecule has 1 aliphatic rings. The Labute approximate surface area is 114 Å². The van der Waals surface area contributed by atoms with Gasteiger partial charge in [0.15, 0.2) is 0 Å². The van der Waals surface area contributed by atoms with Crippen molar-refractivity contribution in [3.63, 3.8) is 0 Å². The molecule has 3 nitrogen and oxygen atoms in total.